The Morgan fingerprint density at radius 2 is 1.58 bits per heavy atom. The lowest BCUT2D eigenvalue weighted by molar-refractivity contribution is 0.483. The van der Waals surface area contributed by atoms with E-state index in [1.165, 1.54) is 0 Å². The van der Waals surface area contributed by atoms with Gasteiger partial charge in [-0.1, -0.05) is 59.6 Å². The first-order valence-corrected chi connectivity index (χ1v) is 13.4. The van der Waals surface area contributed by atoms with E-state index in [1.54, 1.807) is 24.3 Å². The molecule has 1 heterocycles. The summed E-state index contributed by atoms with van der Waals surface area (Å²) < 4.78 is 40.5. The Labute approximate surface area is 161 Å². The molecule has 0 aliphatic heterocycles. The first-order chi connectivity index (χ1) is 12.0. The molecule has 0 bridgehead atoms. The normalized spacial score (nSPS) is 14.1. The van der Waals surface area contributed by atoms with E-state index in [0.717, 1.165) is 16.0 Å². The maximum Gasteiger partial charge on any atom is 0.267 e. The van der Waals surface area contributed by atoms with Gasteiger partial charge in [-0.2, -0.15) is 0 Å². The fourth-order valence-corrected chi connectivity index (χ4v) is 11.4. The van der Waals surface area contributed by atoms with Gasteiger partial charge in [0.25, 0.3) is 5.50 Å². The molecule has 1 aromatic carbocycles. The lowest BCUT2D eigenvalue weighted by atomic mass is 10.3. The van der Waals surface area contributed by atoms with Crippen LogP contribution in [0.15, 0.2) is 28.6 Å². The van der Waals surface area contributed by atoms with Crippen molar-refractivity contribution in [1.29, 1.82) is 0 Å². The van der Waals surface area contributed by atoms with Crippen LogP contribution in [0.25, 0.3) is 10.2 Å². The van der Waals surface area contributed by atoms with Gasteiger partial charge < -0.3 is 0 Å². The third-order valence-corrected chi connectivity index (χ3v) is 14.4. The summed E-state index contributed by atoms with van der Waals surface area (Å²) in [6.07, 6.45) is 0. The maximum atomic E-state index is 14.7. The fraction of sp³-hybridized carbons (Fsp3) is 0.526. The monoisotopic (exact) mass is 411 g/mol. The SMILES string of the molecule is CC(C)[Si](C#CC(F)S(=O)(=O)c1nc2ccccc2s1)(C(C)C)C(C)C. The van der Waals surface area contributed by atoms with Crippen LogP contribution in [0.2, 0.25) is 16.6 Å². The van der Waals surface area contributed by atoms with Gasteiger partial charge in [0.1, 0.15) is 8.07 Å². The minimum atomic E-state index is -4.21. The number of thiazole rings is 1. The molecular formula is C19H26FNO2S2Si. The lowest BCUT2D eigenvalue weighted by Gasteiger charge is -2.38. The fourth-order valence-electron chi connectivity index (χ4n) is 3.75. The first kappa shape index (κ1) is 21.1. The molecule has 0 saturated carbocycles. The van der Waals surface area contributed by atoms with Crippen LogP contribution in [0.3, 0.4) is 0 Å². The van der Waals surface area contributed by atoms with Gasteiger partial charge >= 0.3 is 0 Å². The average molecular weight is 412 g/mol. The molecule has 0 saturated heterocycles. The number of nitrogens with zero attached hydrogens (tertiary/aromatic N) is 1. The Bertz CT molecular complexity index is 884. The predicted molar refractivity (Wildman–Crippen MR) is 111 cm³/mol. The van der Waals surface area contributed by atoms with E-state index in [4.69, 9.17) is 0 Å². The summed E-state index contributed by atoms with van der Waals surface area (Å²) >= 11 is 0.989. The summed E-state index contributed by atoms with van der Waals surface area (Å²) in [5, 5.41) is 0. The molecule has 142 valence electrons. The number of para-hydroxylation sites is 1. The van der Waals surface area contributed by atoms with Crippen LogP contribution in [-0.4, -0.2) is 27.0 Å². The molecule has 2 rings (SSSR count). The molecular weight excluding hydrogens is 385 g/mol. The molecule has 26 heavy (non-hydrogen) atoms. The topological polar surface area (TPSA) is 47.0 Å². The highest BCUT2D eigenvalue weighted by Gasteiger charge is 2.42. The van der Waals surface area contributed by atoms with E-state index < -0.39 is 23.4 Å². The van der Waals surface area contributed by atoms with Gasteiger partial charge in [0.15, 0.2) is 0 Å². The molecule has 1 atom stereocenters. The van der Waals surface area contributed by atoms with Crippen molar-refractivity contribution in [3.8, 4) is 11.5 Å². The Morgan fingerprint density at radius 1 is 1.04 bits per heavy atom. The van der Waals surface area contributed by atoms with Crippen molar-refractivity contribution in [3.05, 3.63) is 24.3 Å². The molecule has 0 N–H and O–H groups in total. The second kappa shape index (κ2) is 7.79. The summed E-state index contributed by atoms with van der Waals surface area (Å²) in [7, 11) is -6.40. The number of halogens is 1. The van der Waals surface area contributed by atoms with E-state index >= 15 is 0 Å². The number of fused-ring (bicyclic) bond motifs is 1. The number of aromatic nitrogens is 1. The van der Waals surface area contributed by atoms with Crippen LogP contribution in [0.4, 0.5) is 4.39 Å². The van der Waals surface area contributed by atoms with Gasteiger partial charge in [-0.15, -0.1) is 16.9 Å². The molecule has 0 aliphatic carbocycles. The number of alkyl halides is 1. The van der Waals surface area contributed by atoms with Crippen molar-refractivity contribution in [2.75, 3.05) is 0 Å². The van der Waals surface area contributed by atoms with Crippen LogP contribution in [0.5, 0.6) is 0 Å². The van der Waals surface area contributed by atoms with Gasteiger partial charge in [-0.25, -0.2) is 17.8 Å². The molecule has 2 aromatic rings. The Kier molecular flexibility index (Phi) is 6.31. The zero-order valence-electron chi connectivity index (χ0n) is 16.1. The third-order valence-electron chi connectivity index (χ3n) is 5.06. The molecule has 1 aromatic heterocycles. The molecule has 7 heteroatoms. The summed E-state index contributed by atoms with van der Waals surface area (Å²) in [5.74, 6) is 2.47. The molecule has 3 nitrogen and oxygen atoms in total. The highest BCUT2D eigenvalue weighted by Crippen LogP contribution is 2.41. The summed E-state index contributed by atoms with van der Waals surface area (Å²) in [5.41, 5.74) is 2.41. The van der Waals surface area contributed by atoms with Crippen LogP contribution in [0.1, 0.15) is 41.5 Å². The Morgan fingerprint density at radius 3 is 2.08 bits per heavy atom. The van der Waals surface area contributed by atoms with E-state index in [-0.39, 0.29) is 4.34 Å². The van der Waals surface area contributed by atoms with Crippen LogP contribution >= 0.6 is 11.3 Å². The number of rotatable bonds is 5. The number of benzene rings is 1. The zero-order valence-corrected chi connectivity index (χ0v) is 18.7. The second-order valence-corrected chi connectivity index (χ2v) is 16.2. The maximum absolute atomic E-state index is 14.7. The minimum absolute atomic E-state index is 0.202. The molecule has 0 aliphatic rings. The molecule has 0 spiro atoms. The standard InChI is InChI=1S/C19H26FNO2S2Si/c1-13(2)26(14(3)4,15(5)6)12-11-18(20)25(22,23)19-21-16-9-7-8-10-17(16)24-19/h7-10,13-15,18H,1-6H3. The van der Waals surface area contributed by atoms with Gasteiger partial charge in [0.05, 0.1) is 10.2 Å². The van der Waals surface area contributed by atoms with Crippen molar-refractivity contribution in [3.63, 3.8) is 0 Å². The number of sulfone groups is 1. The van der Waals surface area contributed by atoms with Gasteiger partial charge in [0.2, 0.25) is 14.2 Å². The van der Waals surface area contributed by atoms with Gasteiger partial charge in [-0.3, -0.25) is 0 Å². The second-order valence-electron chi connectivity index (χ2n) is 7.48. The lowest BCUT2D eigenvalue weighted by Crippen LogP contribution is -2.43. The Balaban J connectivity index is 2.45. The van der Waals surface area contributed by atoms with Gasteiger partial charge in [-0.05, 0) is 28.8 Å². The van der Waals surface area contributed by atoms with E-state index in [2.05, 4.69) is 58.0 Å². The van der Waals surface area contributed by atoms with E-state index in [0.29, 0.717) is 22.1 Å². The van der Waals surface area contributed by atoms with Crippen LogP contribution in [-0.2, 0) is 9.84 Å². The highest BCUT2D eigenvalue weighted by molar-refractivity contribution is 7.94. The minimum Gasteiger partial charge on any atom is -0.225 e. The smallest absolute Gasteiger partial charge is 0.225 e. The summed E-state index contributed by atoms with van der Waals surface area (Å²) in [4.78, 5) is 4.09. The van der Waals surface area contributed by atoms with E-state index in [9.17, 15) is 12.8 Å². The predicted octanol–water partition coefficient (Wildman–Crippen LogP) is 5.59. The molecule has 0 fully saturated rings. The van der Waals surface area contributed by atoms with Crippen LogP contribution < -0.4 is 0 Å². The summed E-state index contributed by atoms with van der Waals surface area (Å²) in [6.45, 7) is 12.6. The molecule has 0 amide bonds. The number of hydrogen-bond donors (Lipinski definition) is 0. The largest absolute Gasteiger partial charge is 0.267 e. The van der Waals surface area contributed by atoms with Crippen molar-refractivity contribution >= 4 is 39.5 Å². The van der Waals surface area contributed by atoms with Crippen molar-refractivity contribution < 1.29 is 12.8 Å². The third kappa shape index (κ3) is 3.73. The zero-order chi connectivity index (χ0) is 19.7. The van der Waals surface area contributed by atoms with Gasteiger partial charge in [0, 0.05) is 0 Å². The first-order valence-electron chi connectivity index (χ1n) is 8.79. The van der Waals surface area contributed by atoms with E-state index in [1.807, 2.05) is 0 Å². The number of hydrogen-bond acceptors (Lipinski definition) is 4. The molecule has 0 radical (unpaired) electrons. The van der Waals surface area contributed by atoms with Crippen molar-refractivity contribution in [2.45, 2.75) is 68.0 Å². The highest BCUT2D eigenvalue weighted by atomic mass is 32.2. The average Bonchev–Trinajstić information content (AvgIpc) is 2.99. The van der Waals surface area contributed by atoms with Crippen LogP contribution in [0, 0.1) is 11.5 Å². The van der Waals surface area contributed by atoms with Crippen molar-refractivity contribution in [2.24, 2.45) is 0 Å². The molecule has 1 unspecified atom stereocenters. The summed E-state index contributed by atoms with van der Waals surface area (Å²) in [6, 6.07) is 7.08. The Hall–Kier alpha value is -1.23. The van der Waals surface area contributed by atoms with Crippen molar-refractivity contribution in [1.82, 2.24) is 4.98 Å². The quantitative estimate of drug-likeness (QED) is 0.476.